The Kier molecular flexibility index (Phi) is 4.79. The van der Waals surface area contributed by atoms with Crippen molar-refractivity contribution >= 4 is 12.0 Å². The largest absolute Gasteiger partial charge is 0.481 e. The van der Waals surface area contributed by atoms with Crippen molar-refractivity contribution in [1.29, 1.82) is 0 Å². The number of hydrogen-bond acceptors (Lipinski definition) is 2. The molecule has 2 amide bonds. The fraction of sp³-hybridized carbons (Fsp3) is 0.875. The van der Waals surface area contributed by atoms with Crippen molar-refractivity contribution < 1.29 is 14.7 Å². The number of carboxylic acid groups (broad SMARTS) is 1. The smallest absolute Gasteiger partial charge is 0.320 e. The van der Waals surface area contributed by atoms with E-state index in [1.807, 2.05) is 11.8 Å². The molecule has 0 saturated carbocycles. The lowest BCUT2D eigenvalue weighted by molar-refractivity contribution is -0.152. The summed E-state index contributed by atoms with van der Waals surface area (Å²) in [6.45, 7) is 8.05. The van der Waals surface area contributed by atoms with Gasteiger partial charge in [-0.25, -0.2) is 4.79 Å². The molecule has 2 aliphatic rings. The maximum Gasteiger partial charge on any atom is 0.320 e. The number of likely N-dealkylation sites (tertiary alicyclic amines) is 2. The van der Waals surface area contributed by atoms with Crippen LogP contribution in [0.2, 0.25) is 0 Å². The average molecular weight is 296 g/mol. The summed E-state index contributed by atoms with van der Waals surface area (Å²) in [5.74, 6) is -0.245. The maximum absolute atomic E-state index is 12.8. The predicted octanol–water partition coefficient (Wildman–Crippen LogP) is 2.80. The zero-order valence-corrected chi connectivity index (χ0v) is 13.5. The van der Waals surface area contributed by atoms with Crippen molar-refractivity contribution in [2.45, 2.75) is 58.9 Å². The van der Waals surface area contributed by atoms with Gasteiger partial charge in [-0.05, 0) is 44.9 Å². The van der Waals surface area contributed by atoms with Crippen molar-refractivity contribution in [2.24, 2.45) is 11.3 Å². The van der Waals surface area contributed by atoms with Crippen LogP contribution in [0.15, 0.2) is 0 Å². The Bertz CT molecular complexity index is 412. The molecule has 0 aromatic heterocycles. The highest BCUT2D eigenvalue weighted by Gasteiger charge is 2.43. The van der Waals surface area contributed by atoms with E-state index >= 15 is 0 Å². The van der Waals surface area contributed by atoms with E-state index in [0.29, 0.717) is 31.8 Å². The van der Waals surface area contributed by atoms with Crippen molar-refractivity contribution in [3.8, 4) is 0 Å². The van der Waals surface area contributed by atoms with Gasteiger partial charge in [0.05, 0.1) is 5.41 Å². The van der Waals surface area contributed by atoms with Crippen molar-refractivity contribution in [2.75, 3.05) is 19.6 Å². The molecule has 0 aliphatic carbocycles. The molecule has 0 aromatic rings. The van der Waals surface area contributed by atoms with Crippen molar-refractivity contribution in [3.63, 3.8) is 0 Å². The Balaban J connectivity index is 2.10. The zero-order valence-electron chi connectivity index (χ0n) is 13.5. The lowest BCUT2D eigenvalue weighted by Gasteiger charge is -2.45. The highest BCUT2D eigenvalue weighted by molar-refractivity contribution is 5.79. The molecule has 3 atom stereocenters. The van der Waals surface area contributed by atoms with Crippen LogP contribution in [0.3, 0.4) is 0 Å². The molecule has 0 aromatic carbocycles. The van der Waals surface area contributed by atoms with Crippen LogP contribution in [0.25, 0.3) is 0 Å². The SMILES string of the molecule is CCC1(C(=O)O)CCCN(C(=O)N2CCCC(C)C2C)C1. The molecule has 2 fully saturated rings. The summed E-state index contributed by atoms with van der Waals surface area (Å²) in [4.78, 5) is 28.1. The summed E-state index contributed by atoms with van der Waals surface area (Å²) in [6, 6.07) is 0.279. The Morgan fingerprint density at radius 1 is 1.24 bits per heavy atom. The second-order valence-corrected chi connectivity index (χ2v) is 6.80. The molecule has 0 bridgehead atoms. The number of aliphatic carboxylic acids is 1. The van der Waals surface area contributed by atoms with Crippen LogP contribution in [0, 0.1) is 11.3 Å². The second kappa shape index (κ2) is 6.24. The number of carbonyl (C=O) groups is 2. The lowest BCUT2D eigenvalue weighted by Crippen LogP contribution is -2.56. The topological polar surface area (TPSA) is 60.9 Å². The van der Waals surface area contributed by atoms with E-state index in [2.05, 4.69) is 13.8 Å². The van der Waals surface area contributed by atoms with Crippen LogP contribution in [0.4, 0.5) is 4.79 Å². The van der Waals surface area contributed by atoms with Gasteiger partial charge in [-0.2, -0.15) is 0 Å². The molecule has 2 rings (SSSR count). The molecule has 21 heavy (non-hydrogen) atoms. The molecule has 0 spiro atoms. The number of rotatable bonds is 2. The van der Waals surface area contributed by atoms with E-state index in [4.69, 9.17) is 0 Å². The highest BCUT2D eigenvalue weighted by atomic mass is 16.4. The predicted molar refractivity (Wildman–Crippen MR) is 81.1 cm³/mol. The maximum atomic E-state index is 12.8. The summed E-state index contributed by atoms with van der Waals surface area (Å²) in [5, 5.41) is 9.54. The molecular weight excluding hydrogens is 268 g/mol. The van der Waals surface area contributed by atoms with Crippen LogP contribution in [-0.2, 0) is 4.79 Å². The minimum Gasteiger partial charge on any atom is -0.481 e. The summed E-state index contributed by atoms with van der Waals surface area (Å²) in [5.41, 5.74) is -0.751. The number of carboxylic acids is 1. The van der Waals surface area contributed by atoms with Crippen LogP contribution in [0.5, 0.6) is 0 Å². The molecule has 5 nitrogen and oxygen atoms in total. The van der Waals surface area contributed by atoms with Crippen LogP contribution in [0.1, 0.15) is 52.9 Å². The molecule has 5 heteroatoms. The first-order valence-electron chi connectivity index (χ1n) is 8.20. The van der Waals surface area contributed by atoms with Crippen LogP contribution < -0.4 is 0 Å². The Morgan fingerprint density at radius 2 is 1.95 bits per heavy atom. The number of carbonyl (C=O) groups excluding carboxylic acids is 1. The van der Waals surface area contributed by atoms with Gasteiger partial charge in [-0.1, -0.05) is 13.8 Å². The standard InChI is InChI=1S/C16H28N2O3/c1-4-16(14(19)20)8-6-9-17(11-16)15(21)18-10-5-7-12(2)13(18)3/h12-13H,4-11H2,1-3H3,(H,19,20). The number of nitrogens with zero attached hydrogens (tertiary/aromatic N) is 2. The van der Waals surface area contributed by atoms with Gasteiger partial charge < -0.3 is 14.9 Å². The monoisotopic (exact) mass is 296 g/mol. The quantitative estimate of drug-likeness (QED) is 0.852. The van der Waals surface area contributed by atoms with E-state index in [0.717, 1.165) is 19.4 Å². The number of hydrogen-bond donors (Lipinski definition) is 1. The van der Waals surface area contributed by atoms with Crippen molar-refractivity contribution in [3.05, 3.63) is 0 Å². The second-order valence-electron chi connectivity index (χ2n) is 6.80. The summed E-state index contributed by atoms with van der Waals surface area (Å²) < 4.78 is 0. The van der Waals surface area contributed by atoms with Crippen LogP contribution >= 0.6 is 0 Å². The van der Waals surface area contributed by atoms with E-state index < -0.39 is 11.4 Å². The number of urea groups is 1. The van der Waals surface area contributed by atoms with Gasteiger partial charge in [0.2, 0.25) is 0 Å². The highest BCUT2D eigenvalue weighted by Crippen LogP contribution is 2.35. The molecule has 120 valence electrons. The first-order valence-corrected chi connectivity index (χ1v) is 8.20. The minimum absolute atomic E-state index is 0.0350. The lowest BCUT2D eigenvalue weighted by atomic mass is 9.77. The van der Waals surface area contributed by atoms with Gasteiger partial charge in [-0.3, -0.25) is 4.79 Å². The van der Waals surface area contributed by atoms with E-state index in [-0.39, 0.29) is 12.1 Å². The first-order chi connectivity index (χ1) is 9.91. The third kappa shape index (κ3) is 3.01. The van der Waals surface area contributed by atoms with Crippen LogP contribution in [-0.4, -0.2) is 52.6 Å². The van der Waals surface area contributed by atoms with Gasteiger partial charge >= 0.3 is 12.0 Å². The average Bonchev–Trinajstić information content (AvgIpc) is 2.49. The normalized spacial score (nSPS) is 33.9. The summed E-state index contributed by atoms with van der Waals surface area (Å²) >= 11 is 0. The Morgan fingerprint density at radius 3 is 2.57 bits per heavy atom. The molecule has 3 unspecified atom stereocenters. The van der Waals surface area contributed by atoms with Gasteiger partial charge in [-0.15, -0.1) is 0 Å². The van der Waals surface area contributed by atoms with E-state index in [1.54, 1.807) is 4.90 Å². The van der Waals surface area contributed by atoms with Gasteiger partial charge in [0.15, 0.2) is 0 Å². The van der Waals surface area contributed by atoms with Crippen molar-refractivity contribution in [1.82, 2.24) is 9.80 Å². The minimum atomic E-state index is -0.762. The molecule has 2 saturated heterocycles. The third-order valence-electron chi connectivity index (χ3n) is 5.60. The fourth-order valence-electron chi connectivity index (χ4n) is 3.70. The third-order valence-corrected chi connectivity index (χ3v) is 5.60. The first kappa shape index (κ1) is 16.1. The summed E-state index contributed by atoms with van der Waals surface area (Å²) in [6.07, 6.45) is 4.25. The molecular formula is C16H28N2O3. The van der Waals surface area contributed by atoms with Gasteiger partial charge in [0.25, 0.3) is 0 Å². The molecule has 0 radical (unpaired) electrons. The molecule has 2 aliphatic heterocycles. The van der Waals surface area contributed by atoms with E-state index in [9.17, 15) is 14.7 Å². The zero-order chi connectivity index (χ0) is 15.6. The molecule has 2 heterocycles. The molecule has 1 N–H and O–H groups in total. The number of piperidine rings is 2. The Hall–Kier alpha value is -1.26. The Labute approximate surface area is 127 Å². The van der Waals surface area contributed by atoms with Gasteiger partial charge in [0, 0.05) is 25.7 Å². The fourth-order valence-corrected chi connectivity index (χ4v) is 3.70. The number of amides is 2. The van der Waals surface area contributed by atoms with Gasteiger partial charge in [0.1, 0.15) is 0 Å². The van der Waals surface area contributed by atoms with E-state index in [1.165, 1.54) is 6.42 Å². The summed E-state index contributed by atoms with van der Waals surface area (Å²) in [7, 11) is 0.